The first-order chi connectivity index (χ1) is 9.27. The van der Waals surface area contributed by atoms with E-state index in [-0.39, 0.29) is 0 Å². The number of esters is 1. The lowest BCUT2D eigenvalue weighted by molar-refractivity contribution is 0.0601. The van der Waals surface area contributed by atoms with Crippen LogP contribution in [0.4, 0.5) is 5.69 Å². The van der Waals surface area contributed by atoms with E-state index in [1.165, 1.54) is 13.2 Å². The zero-order valence-electron chi connectivity index (χ0n) is 10.3. The molecule has 0 spiro atoms. The van der Waals surface area contributed by atoms with Crippen LogP contribution in [0.15, 0.2) is 53.5 Å². The highest BCUT2D eigenvalue weighted by molar-refractivity contribution is 5.99. The van der Waals surface area contributed by atoms with Crippen molar-refractivity contribution in [3.8, 4) is 11.1 Å². The molecule has 0 aliphatic rings. The van der Waals surface area contributed by atoms with Crippen LogP contribution in [0.1, 0.15) is 10.4 Å². The first kappa shape index (κ1) is 12.7. The Morgan fingerprint density at radius 1 is 1.05 bits per heavy atom. The monoisotopic (exact) mass is 253 g/mol. The Hall–Kier alpha value is -2.71. The Kier molecular flexibility index (Phi) is 3.86. The molecule has 0 heterocycles. The molecular weight excluding hydrogens is 242 g/mol. The van der Waals surface area contributed by atoms with Crippen LogP contribution in [0.3, 0.4) is 0 Å². The van der Waals surface area contributed by atoms with Gasteiger partial charge in [0, 0.05) is 5.56 Å². The average molecular weight is 253 g/mol. The minimum Gasteiger partial charge on any atom is -0.465 e. The second-order valence-electron chi connectivity index (χ2n) is 3.76. The molecule has 2 rings (SSSR count). The van der Waals surface area contributed by atoms with Crippen molar-refractivity contribution in [1.82, 2.24) is 0 Å². The average Bonchev–Trinajstić information content (AvgIpc) is 2.47. The van der Waals surface area contributed by atoms with Gasteiger partial charge in [0.25, 0.3) is 0 Å². The summed E-state index contributed by atoms with van der Waals surface area (Å²) in [6.45, 7) is 0. The van der Waals surface area contributed by atoms with Crippen molar-refractivity contribution in [1.29, 1.82) is 0 Å². The number of ether oxygens (including phenoxy) is 1. The molecule has 0 saturated carbocycles. The molecule has 19 heavy (non-hydrogen) atoms. The van der Waals surface area contributed by atoms with Gasteiger partial charge in [-0.2, -0.15) is 4.99 Å². The maximum Gasteiger partial charge on any atom is 0.338 e. The van der Waals surface area contributed by atoms with Crippen LogP contribution in [0.25, 0.3) is 11.1 Å². The Balaban J connectivity index is 2.66. The number of benzene rings is 2. The van der Waals surface area contributed by atoms with Crippen molar-refractivity contribution in [3.05, 3.63) is 54.1 Å². The number of para-hydroxylation sites is 1. The van der Waals surface area contributed by atoms with Gasteiger partial charge in [0.05, 0.1) is 18.4 Å². The van der Waals surface area contributed by atoms with Gasteiger partial charge in [-0.3, -0.25) is 0 Å². The molecule has 0 amide bonds. The normalized spacial score (nSPS) is 9.53. The quantitative estimate of drug-likeness (QED) is 0.479. The molecule has 0 aliphatic heterocycles. The van der Waals surface area contributed by atoms with E-state index in [4.69, 9.17) is 4.74 Å². The molecule has 0 N–H and O–H groups in total. The molecule has 0 fully saturated rings. The SMILES string of the molecule is COC(=O)c1ccccc1-c1ccccc1N=C=O. The molecule has 0 aliphatic carbocycles. The van der Waals surface area contributed by atoms with E-state index in [2.05, 4.69) is 4.99 Å². The highest BCUT2D eigenvalue weighted by Crippen LogP contribution is 2.32. The summed E-state index contributed by atoms with van der Waals surface area (Å²) in [6.07, 6.45) is 1.52. The molecule has 0 radical (unpaired) electrons. The van der Waals surface area contributed by atoms with Gasteiger partial charge < -0.3 is 4.74 Å². The number of hydrogen-bond donors (Lipinski definition) is 0. The fourth-order valence-corrected chi connectivity index (χ4v) is 1.85. The van der Waals surface area contributed by atoms with Crippen LogP contribution >= 0.6 is 0 Å². The van der Waals surface area contributed by atoms with Gasteiger partial charge in [0.15, 0.2) is 0 Å². The van der Waals surface area contributed by atoms with Gasteiger partial charge in [-0.15, -0.1) is 0 Å². The molecule has 4 nitrogen and oxygen atoms in total. The van der Waals surface area contributed by atoms with Crippen molar-refractivity contribution in [2.45, 2.75) is 0 Å². The highest BCUT2D eigenvalue weighted by Gasteiger charge is 2.14. The molecule has 2 aromatic rings. The van der Waals surface area contributed by atoms with Gasteiger partial charge in [-0.25, -0.2) is 9.59 Å². The summed E-state index contributed by atoms with van der Waals surface area (Å²) in [4.78, 5) is 25.8. The zero-order valence-corrected chi connectivity index (χ0v) is 10.3. The predicted octanol–water partition coefficient (Wildman–Crippen LogP) is 3.11. The van der Waals surface area contributed by atoms with Crippen molar-refractivity contribution in [2.24, 2.45) is 4.99 Å². The number of nitrogens with zero attached hydrogens (tertiary/aromatic N) is 1. The third kappa shape index (κ3) is 2.59. The summed E-state index contributed by atoms with van der Waals surface area (Å²) in [7, 11) is 1.33. The third-order valence-corrected chi connectivity index (χ3v) is 2.69. The lowest BCUT2D eigenvalue weighted by atomic mass is 9.98. The topological polar surface area (TPSA) is 55.7 Å². The molecule has 0 unspecified atom stereocenters. The molecule has 2 aromatic carbocycles. The molecule has 0 atom stereocenters. The molecule has 94 valence electrons. The predicted molar refractivity (Wildman–Crippen MR) is 71.0 cm³/mol. The maximum absolute atomic E-state index is 11.7. The molecular formula is C15H11NO3. The Labute approximate surface area is 110 Å². The van der Waals surface area contributed by atoms with Crippen LogP contribution < -0.4 is 0 Å². The number of carbonyl (C=O) groups is 1. The van der Waals surface area contributed by atoms with E-state index in [9.17, 15) is 9.59 Å². The second-order valence-corrected chi connectivity index (χ2v) is 3.76. The van der Waals surface area contributed by atoms with Crippen LogP contribution in [0.2, 0.25) is 0 Å². The Morgan fingerprint density at radius 2 is 1.68 bits per heavy atom. The van der Waals surface area contributed by atoms with Crippen molar-refractivity contribution >= 4 is 17.7 Å². The first-order valence-corrected chi connectivity index (χ1v) is 5.62. The number of hydrogen-bond acceptors (Lipinski definition) is 4. The van der Waals surface area contributed by atoms with E-state index in [1.807, 2.05) is 12.1 Å². The van der Waals surface area contributed by atoms with Gasteiger partial charge in [0.2, 0.25) is 6.08 Å². The van der Waals surface area contributed by atoms with Crippen molar-refractivity contribution < 1.29 is 14.3 Å². The molecule has 0 saturated heterocycles. The lowest BCUT2D eigenvalue weighted by Gasteiger charge is -2.09. The number of carbonyl (C=O) groups excluding carboxylic acids is 2. The van der Waals surface area contributed by atoms with Crippen LogP contribution in [-0.2, 0) is 9.53 Å². The number of methoxy groups -OCH3 is 1. The third-order valence-electron chi connectivity index (χ3n) is 2.69. The van der Waals surface area contributed by atoms with E-state index in [0.717, 1.165) is 0 Å². The Morgan fingerprint density at radius 3 is 2.37 bits per heavy atom. The van der Waals surface area contributed by atoms with Crippen LogP contribution in [0.5, 0.6) is 0 Å². The fraction of sp³-hybridized carbons (Fsp3) is 0.0667. The van der Waals surface area contributed by atoms with Gasteiger partial charge in [0.1, 0.15) is 0 Å². The largest absolute Gasteiger partial charge is 0.465 e. The highest BCUT2D eigenvalue weighted by atomic mass is 16.5. The minimum absolute atomic E-state index is 0.429. The summed E-state index contributed by atoms with van der Waals surface area (Å²) < 4.78 is 4.75. The van der Waals surface area contributed by atoms with Crippen molar-refractivity contribution in [2.75, 3.05) is 7.11 Å². The van der Waals surface area contributed by atoms with Crippen LogP contribution in [0, 0.1) is 0 Å². The maximum atomic E-state index is 11.7. The number of aliphatic imine (C=N–C) groups is 1. The summed E-state index contributed by atoms with van der Waals surface area (Å²) in [5.74, 6) is -0.430. The van der Waals surface area contributed by atoms with Gasteiger partial charge in [-0.05, 0) is 17.7 Å². The first-order valence-electron chi connectivity index (χ1n) is 5.62. The summed E-state index contributed by atoms with van der Waals surface area (Å²) in [5, 5.41) is 0. The van der Waals surface area contributed by atoms with Crippen LogP contribution in [-0.4, -0.2) is 19.2 Å². The second kappa shape index (κ2) is 5.76. The lowest BCUT2D eigenvalue weighted by Crippen LogP contribution is -2.03. The number of rotatable bonds is 3. The smallest absolute Gasteiger partial charge is 0.338 e. The van der Waals surface area contributed by atoms with E-state index in [1.54, 1.807) is 36.4 Å². The number of isocyanates is 1. The molecule has 0 bridgehead atoms. The molecule has 4 heteroatoms. The summed E-state index contributed by atoms with van der Waals surface area (Å²) in [6, 6.07) is 14.1. The zero-order chi connectivity index (χ0) is 13.7. The summed E-state index contributed by atoms with van der Waals surface area (Å²) in [5.41, 5.74) is 2.25. The van der Waals surface area contributed by atoms with E-state index >= 15 is 0 Å². The Bertz CT molecular complexity index is 658. The summed E-state index contributed by atoms with van der Waals surface area (Å²) >= 11 is 0. The van der Waals surface area contributed by atoms with Gasteiger partial charge in [-0.1, -0.05) is 36.4 Å². The van der Waals surface area contributed by atoms with E-state index < -0.39 is 5.97 Å². The fourth-order valence-electron chi connectivity index (χ4n) is 1.85. The van der Waals surface area contributed by atoms with Gasteiger partial charge >= 0.3 is 5.97 Å². The van der Waals surface area contributed by atoms with E-state index in [0.29, 0.717) is 22.4 Å². The minimum atomic E-state index is -0.430. The molecule has 0 aromatic heterocycles. The van der Waals surface area contributed by atoms with Crippen molar-refractivity contribution in [3.63, 3.8) is 0 Å². The standard InChI is InChI=1S/C15H11NO3/c1-19-15(18)13-8-3-2-6-11(13)12-7-4-5-9-14(12)16-10-17/h2-9H,1H3.